The molecule has 0 N–H and O–H groups in total. The van der Waals surface area contributed by atoms with Crippen LogP contribution in [-0.2, 0) is 10.1 Å². The first-order valence-corrected chi connectivity index (χ1v) is 5.92. The Hall–Kier alpha value is -1.51. The standard InChI is InChI=1S/C10H9BrF3NO4/c1-17-6-4-15-7(9(16)18-2)5(3-11)8(6)19-10(12,13)14/h4H,3H2,1-2H3. The maximum absolute atomic E-state index is 12.4. The number of ether oxygens (including phenoxy) is 3. The molecule has 0 saturated heterocycles. The molecule has 19 heavy (non-hydrogen) atoms. The Morgan fingerprint density at radius 1 is 1.42 bits per heavy atom. The minimum atomic E-state index is -4.92. The third-order valence-electron chi connectivity index (χ3n) is 2.04. The summed E-state index contributed by atoms with van der Waals surface area (Å²) in [5, 5.41) is -0.0902. The van der Waals surface area contributed by atoms with E-state index in [1.807, 2.05) is 0 Å². The summed E-state index contributed by atoms with van der Waals surface area (Å²) >= 11 is 2.98. The summed E-state index contributed by atoms with van der Waals surface area (Å²) in [6, 6.07) is 0. The first-order valence-electron chi connectivity index (χ1n) is 4.80. The summed E-state index contributed by atoms with van der Waals surface area (Å²) in [5.41, 5.74) is -0.386. The van der Waals surface area contributed by atoms with Crippen LogP contribution in [0.25, 0.3) is 0 Å². The SMILES string of the molecule is COC(=O)c1ncc(OC)c(OC(F)(F)F)c1CBr. The van der Waals surface area contributed by atoms with Gasteiger partial charge in [0.1, 0.15) is 0 Å². The number of rotatable bonds is 4. The molecule has 9 heteroatoms. The molecule has 0 aliphatic carbocycles. The van der Waals surface area contributed by atoms with Crippen LogP contribution < -0.4 is 9.47 Å². The highest BCUT2D eigenvalue weighted by Gasteiger charge is 2.35. The lowest BCUT2D eigenvalue weighted by Crippen LogP contribution is -2.20. The third kappa shape index (κ3) is 3.72. The number of pyridine rings is 1. The normalized spacial score (nSPS) is 11.1. The zero-order valence-corrected chi connectivity index (χ0v) is 11.5. The molecule has 1 rings (SSSR count). The van der Waals surface area contributed by atoms with Gasteiger partial charge in [0.25, 0.3) is 0 Å². The second-order valence-electron chi connectivity index (χ2n) is 3.16. The van der Waals surface area contributed by atoms with Crippen molar-refractivity contribution < 1.29 is 32.2 Å². The first kappa shape index (κ1) is 15.5. The van der Waals surface area contributed by atoms with E-state index in [0.717, 1.165) is 20.4 Å². The molecule has 0 bridgehead atoms. The van der Waals surface area contributed by atoms with Crippen molar-refractivity contribution in [3.05, 3.63) is 17.5 Å². The lowest BCUT2D eigenvalue weighted by molar-refractivity contribution is -0.275. The number of hydrogen-bond donors (Lipinski definition) is 0. The van der Waals surface area contributed by atoms with Crippen molar-refractivity contribution in [1.82, 2.24) is 4.98 Å². The number of esters is 1. The summed E-state index contributed by atoms with van der Waals surface area (Å²) < 4.78 is 50.1. The molecule has 1 aromatic heterocycles. The van der Waals surface area contributed by atoms with E-state index in [1.165, 1.54) is 0 Å². The Balaban J connectivity index is 3.41. The minimum absolute atomic E-state index is 0.0902. The molecule has 0 aliphatic rings. The van der Waals surface area contributed by atoms with Crippen LogP contribution in [0, 0.1) is 0 Å². The fourth-order valence-electron chi connectivity index (χ4n) is 1.29. The van der Waals surface area contributed by atoms with E-state index in [1.54, 1.807) is 0 Å². The fourth-order valence-corrected chi connectivity index (χ4v) is 1.81. The van der Waals surface area contributed by atoms with Crippen LogP contribution in [0.2, 0.25) is 0 Å². The second-order valence-corrected chi connectivity index (χ2v) is 3.72. The number of carbonyl (C=O) groups excluding carboxylic acids is 1. The molecule has 1 heterocycles. The second kappa shape index (κ2) is 6.09. The summed E-state index contributed by atoms with van der Waals surface area (Å²) in [5.74, 6) is -1.73. The Morgan fingerprint density at radius 3 is 2.47 bits per heavy atom. The lowest BCUT2D eigenvalue weighted by Gasteiger charge is -2.16. The van der Waals surface area contributed by atoms with Gasteiger partial charge in [-0.1, -0.05) is 15.9 Å². The maximum Gasteiger partial charge on any atom is 0.573 e. The van der Waals surface area contributed by atoms with Crippen LogP contribution in [0.4, 0.5) is 13.2 Å². The molecule has 0 amide bonds. The molecule has 0 fully saturated rings. The molecule has 106 valence electrons. The topological polar surface area (TPSA) is 57.7 Å². The minimum Gasteiger partial charge on any atom is -0.491 e. The van der Waals surface area contributed by atoms with Crippen molar-refractivity contribution in [2.45, 2.75) is 11.7 Å². The van der Waals surface area contributed by atoms with E-state index < -0.39 is 18.1 Å². The van der Waals surface area contributed by atoms with Gasteiger partial charge in [0.2, 0.25) is 0 Å². The average molecular weight is 344 g/mol. The zero-order valence-electron chi connectivity index (χ0n) is 9.88. The number of carbonyl (C=O) groups is 1. The Morgan fingerprint density at radius 2 is 2.05 bits per heavy atom. The van der Waals surface area contributed by atoms with Crippen molar-refractivity contribution in [2.75, 3.05) is 14.2 Å². The molecular formula is C10H9BrF3NO4. The zero-order chi connectivity index (χ0) is 14.6. The van der Waals surface area contributed by atoms with Crippen LogP contribution in [0.3, 0.4) is 0 Å². The van der Waals surface area contributed by atoms with Crippen LogP contribution in [0.5, 0.6) is 11.5 Å². The fraction of sp³-hybridized carbons (Fsp3) is 0.400. The molecule has 0 radical (unpaired) electrons. The first-order chi connectivity index (χ1) is 8.84. The Bertz CT molecular complexity index is 479. The quantitative estimate of drug-likeness (QED) is 0.621. The molecule has 0 aliphatic heterocycles. The smallest absolute Gasteiger partial charge is 0.491 e. The van der Waals surface area contributed by atoms with E-state index in [0.29, 0.717) is 0 Å². The average Bonchev–Trinajstić information content (AvgIpc) is 2.35. The van der Waals surface area contributed by atoms with Gasteiger partial charge in [-0.2, -0.15) is 0 Å². The van der Waals surface area contributed by atoms with Gasteiger partial charge in [0.05, 0.1) is 20.4 Å². The van der Waals surface area contributed by atoms with Crippen molar-refractivity contribution in [3.8, 4) is 11.5 Å². The van der Waals surface area contributed by atoms with E-state index >= 15 is 0 Å². The molecule has 5 nitrogen and oxygen atoms in total. The van der Waals surface area contributed by atoms with Crippen molar-refractivity contribution in [2.24, 2.45) is 0 Å². The maximum atomic E-state index is 12.4. The van der Waals surface area contributed by atoms with E-state index in [-0.39, 0.29) is 22.3 Å². The Kier molecular flexibility index (Phi) is 4.98. The molecule has 0 saturated carbocycles. The third-order valence-corrected chi connectivity index (χ3v) is 2.61. The van der Waals surface area contributed by atoms with Gasteiger partial charge < -0.3 is 14.2 Å². The van der Waals surface area contributed by atoms with Crippen LogP contribution in [-0.4, -0.2) is 31.5 Å². The van der Waals surface area contributed by atoms with Crippen molar-refractivity contribution in [3.63, 3.8) is 0 Å². The van der Waals surface area contributed by atoms with Gasteiger partial charge in [0.15, 0.2) is 17.2 Å². The number of methoxy groups -OCH3 is 2. The van der Waals surface area contributed by atoms with E-state index in [9.17, 15) is 18.0 Å². The highest BCUT2D eigenvalue weighted by molar-refractivity contribution is 9.08. The number of nitrogens with zero attached hydrogens (tertiary/aromatic N) is 1. The largest absolute Gasteiger partial charge is 0.573 e. The molecule has 0 aromatic carbocycles. The van der Waals surface area contributed by atoms with Gasteiger partial charge in [-0.15, -0.1) is 13.2 Å². The molecule has 0 spiro atoms. The van der Waals surface area contributed by atoms with Crippen LogP contribution >= 0.6 is 15.9 Å². The van der Waals surface area contributed by atoms with E-state index in [4.69, 9.17) is 4.74 Å². The number of aromatic nitrogens is 1. The van der Waals surface area contributed by atoms with Gasteiger partial charge in [0, 0.05) is 10.9 Å². The summed E-state index contributed by atoms with van der Waals surface area (Å²) in [6.45, 7) is 0. The number of halogens is 4. The highest BCUT2D eigenvalue weighted by Crippen LogP contribution is 2.37. The van der Waals surface area contributed by atoms with Crippen molar-refractivity contribution >= 4 is 21.9 Å². The summed E-state index contributed by atoms with van der Waals surface area (Å²) in [7, 11) is 2.26. The molecule has 0 atom stereocenters. The lowest BCUT2D eigenvalue weighted by atomic mass is 10.2. The van der Waals surface area contributed by atoms with E-state index in [2.05, 4.69) is 30.4 Å². The number of alkyl halides is 4. The predicted molar refractivity (Wildman–Crippen MR) is 61.4 cm³/mol. The van der Waals surface area contributed by atoms with Gasteiger partial charge in [-0.3, -0.25) is 0 Å². The highest BCUT2D eigenvalue weighted by atomic mass is 79.9. The summed E-state index contributed by atoms with van der Waals surface area (Å²) in [4.78, 5) is 15.1. The summed E-state index contributed by atoms with van der Waals surface area (Å²) in [6.07, 6.45) is -3.96. The Labute approximate surface area is 114 Å². The van der Waals surface area contributed by atoms with Gasteiger partial charge in [-0.25, -0.2) is 9.78 Å². The molecule has 0 unspecified atom stereocenters. The van der Waals surface area contributed by atoms with Gasteiger partial charge >= 0.3 is 12.3 Å². The molecule has 1 aromatic rings. The number of hydrogen-bond acceptors (Lipinski definition) is 5. The van der Waals surface area contributed by atoms with Crippen LogP contribution in [0.1, 0.15) is 16.1 Å². The van der Waals surface area contributed by atoms with Crippen LogP contribution in [0.15, 0.2) is 6.20 Å². The van der Waals surface area contributed by atoms with Crippen molar-refractivity contribution in [1.29, 1.82) is 0 Å². The monoisotopic (exact) mass is 343 g/mol. The van der Waals surface area contributed by atoms with Gasteiger partial charge in [-0.05, 0) is 0 Å². The predicted octanol–water partition coefficient (Wildman–Crippen LogP) is 2.67. The molecular weight excluding hydrogens is 335 g/mol.